The third-order valence-corrected chi connectivity index (χ3v) is 2.26. The molecule has 0 aromatic rings. The summed E-state index contributed by atoms with van der Waals surface area (Å²) >= 11 is 0. The number of hydrogen-bond acceptors (Lipinski definition) is 3. The molecular weight excluding hydrogens is 170 g/mol. The van der Waals surface area contributed by atoms with Crippen LogP contribution in [0.1, 0.15) is 13.3 Å². The van der Waals surface area contributed by atoms with E-state index in [1.54, 1.807) is 13.0 Å². The van der Waals surface area contributed by atoms with Gasteiger partial charge >= 0.3 is 5.97 Å². The molecule has 1 fully saturated rings. The molecule has 0 heterocycles. The second-order valence-electron chi connectivity index (χ2n) is 3.00. The van der Waals surface area contributed by atoms with Crippen molar-refractivity contribution in [2.45, 2.75) is 18.9 Å². The minimum atomic E-state index is -0.820. The molecule has 0 aromatic carbocycles. The van der Waals surface area contributed by atoms with E-state index >= 15 is 0 Å². The van der Waals surface area contributed by atoms with E-state index in [0.717, 1.165) is 0 Å². The standard InChI is InChI=1S/C9H13NO3/c1-3-7-5-9(7,10-6-11)8(12)13-4-2/h3,6-7H,1,4-5H2,2H3,(H,10,11). The van der Waals surface area contributed by atoms with Gasteiger partial charge in [0.1, 0.15) is 5.54 Å². The largest absolute Gasteiger partial charge is 0.464 e. The first kappa shape index (κ1) is 9.77. The van der Waals surface area contributed by atoms with Gasteiger partial charge in [-0.3, -0.25) is 4.79 Å². The lowest BCUT2D eigenvalue weighted by molar-refractivity contribution is -0.148. The first-order chi connectivity index (χ1) is 6.21. The molecule has 72 valence electrons. The summed E-state index contributed by atoms with van der Waals surface area (Å²) in [4.78, 5) is 21.7. The molecule has 0 saturated heterocycles. The molecule has 2 unspecified atom stereocenters. The van der Waals surface area contributed by atoms with Crippen LogP contribution in [-0.2, 0) is 14.3 Å². The molecule has 1 N–H and O–H groups in total. The van der Waals surface area contributed by atoms with Gasteiger partial charge in [-0.15, -0.1) is 6.58 Å². The van der Waals surface area contributed by atoms with Crippen molar-refractivity contribution in [2.75, 3.05) is 6.61 Å². The SMILES string of the molecule is C=CC1CC1(NC=O)C(=O)OCC. The number of hydrogen-bond donors (Lipinski definition) is 1. The van der Waals surface area contributed by atoms with E-state index in [1.807, 2.05) is 0 Å². The molecule has 1 amide bonds. The van der Waals surface area contributed by atoms with Crippen LogP contribution in [0.25, 0.3) is 0 Å². The molecule has 0 bridgehead atoms. The molecule has 0 spiro atoms. The van der Waals surface area contributed by atoms with Crippen molar-refractivity contribution in [3.63, 3.8) is 0 Å². The van der Waals surface area contributed by atoms with Crippen LogP contribution in [0.15, 0.2) is 12.7 Å². The topological polar surface area (TPSA) is 55.4 Å². The maximum Gasteiger partial charge on any atom is 0.332 e. The van der Waals surface area contributed by atoms with Crippen molar-refractivity contribution in [3.05, 3.63) is 12.7 Å². The molecule has 1 saturated carbocycles. The zero-order valence-electron chi connectivity index (χ0n) is 7.58. The van der Waals surface area contributed by atoms with Gasteiger partial charge in [0, 0.05) is 5.92 Å². The first-order valence-corrected chi connectivity index (χ1v) is 4.22. The molecule has 13 heavy (non-hydrogen) atoms. The van der Waals surface area contributed by atoms with Gasteiger partial charge in [0.05, 0.1) is 6.61 Å². The number of ether oxygens (including phenoxy) is 1. The van der Waals surface area contributed by atoms with Gasteiger partial charge in [0.2, 0.25) is 6.41 Å². The lowest BCUT2D eigenvalue weighted by Crippen LogP contribution is -2.41. The Labute approximate surface area is 76.9 Å². The van der Waals surface area contributed by atoms with E-state index in [9.17, 15) is 9.59 Å². The molecule has 0 radical (unpaired) electrons. The van der Waals surface area contributed by atoms with Gasteiger partial charge in [-0.2, -0.15) is 0 Å². The summed E-state index contributed by atoms with van der Waals surface area (Å²) in [6, 6.07) is 0. The average Bonchev–Trinajstić information content (AvgIpc) is 2.81. The Morgan fingerprint density at radius 3 is 2.92 bits per heavy atom. The van der Waals surface area contributed by atoms with Crippen LogP contribution in [0.4, 0.5) is 0 Å². The Bertz CT molecular complexity index is 239. The highest BCUT2D eigenvalue weighted by Gasteiger charge is 2.60. The highest BCUT2D eigenvalue weighted by Crippen LogP contribution is 2.44. The monoisotopic (exact) mass is 183 g/mol. The Morgan fingerprint density at radius 2 is 2.54 bits per heavy atom. The van der Waals surface area contributed by atoms with E-state index in [2.05, 4.69) is 11.9 Å². The molecule has 2 atom stereocenters. The van der Waals surface area contributed by atoms with Gasteiger partial charge in [-0.1, -0.05) is 6.08 Å². The average molecular weight is 183 g/mol. The maximum absolute atomic E-state index is 11.4. The summed E-state index contributed by atoms with van der Waals surface area (Å²) in [6.07, 6.45) is 2.78. The normalized spacial score (nSPS) is 30.4. The minimum absolute atomic E-state index is 0.0109. The quantitative estimate of drug-likeness (QED) is 0.377. The Balaban J connectivity index is 2.64. The smallest absolute Gasteiger partial charge is 0.332 e. The third kappa shape index (κ3) is 1.56. The van der Waals surface area contributed by atoms with E-state index in [4.69, 9.17) is 4.74 Å². The predicted octanol–water partition coefficient (Wildman–Crippen LogP) is 0.240. The fraction of sp³-hybridized carbons (Fsp3) is 0.556. The number of amides is 1. The molecule has 1 aliphatic carbocycles. The Hall–Kier alpha value is -1.32. The molecular formula is C9H13NO3. The first-order valence-electron chi connectivity index (χ1n) is 4.22. The van der Waals surface area contributed by atoms with Crippen LogP contribution in [0.2, 0.25) is 0 Å². The van der Waals surface area contributed by atoms with E-state index in [-0.39, 0.29) is 11.9 Å². The lowest BCUT2D eigenvalue weighted by atomic mass is 10.2. The molecule has 1 rings (SSSR count). The number of esters is 1. The van der Waals surface area contributed by atoms with Gasteiger partial charge < -0.3 is 10.1 Å². The van der Waals surface area contributed by atoms with Crippen molar-refractivity contribution in [3.8, 4) is 0 Å². The zero-order valence-corrected chi connectivity index (χ0v) is 7.58. The summed E-state index contributed by atoms with van der Waals surface area (Å²) in [5.41, 5.74) is -0.820. The lowest BCUT2D eigenvalue weighted by Gasteiger charge is -2.13. The van der Waals surface area contributed by atoms with Crippen molar-refractivity contribution < 1.29 is 14.3 Å². The second kappa shape index (κ2) is 3.60. The van der Waals surface area contributed by atoms with Gasteiger partial charge in [-0.25, -0.2) is 4.79 Å². The van der Waals surface area contributed by atoms with Crippen molar-refractivity contribution in [1.82, 2.24) is 5.32 Å². The molecule has 1 aliphatic rings. The fourth-order valence-electron chi connectivity index (χ4n) is 1.40. The summed E-state index contributed by atoms with van der Waals surface area (Å²) in [6.45, 7) is 5.64. The van der Waals surface area contributed by atoms with Crippen molar-refractivity contribution >= 4 is 12.4 Å². The molecule has 0 aliphatic heterocycles. The molecule has 4 nitrogen and oxygen atoms in total. The van der Waals surface area contributed by atoms with E-state index in [1.165, 1.54) is 0 Å². The molecule has 0 aromatic heterocycles. The Morgan fingerprint density at radius 1 is 1.85 bits per heavy atom. The van der Waals surface area contributed by atoms with Crippen LogP contribution in [-0.4, -0.2) is 24.5 Å². The summed E-state index contributed by atoms with van der Waals surface area (Å²) in [7, 11) is 0. The highest BCUT2D eigenvalue weighted by molar-refractivity contribution is 5.88. The number of carbonyl (C=O) groups excluding carboxylic acids is 2. The van der Waals surface area contributed by atoms with Gasteiger partial charge in [0.25, 0.3) is 0 Å². The highest BCUT2D eigenvalue weighted by atomic mass is 16.5. The minimum Gasteiger partial charge on any atom is -0.464 e. The summed E-state index contributed by atoms with van der Waals surface area (Å²) < 4.78 is 4.85. The van der Waals surface area contributed by atoms with Crippen LogP contribution in [0.5, 0.6) is 0 Å². The Kier molecular flexibility index (Phi) is 2.70. The fourth-order valence-corrected chi connectivity index (χ4v) is 1.40. The van der Waals surface area contributed by atoms with E-state index < -0.39 is 5.54 Å². The second-order valence-corrected chi connectivity index (χ2v) is 3.00. The summed E-state index contributed by atoms with van der Waals surface area (Å²) in [5, 5.41) is 2.49. The van der Waals surface area contributed by atoms with E-state index in [0.29, 0.717) is 19.4 Å². The van der Waals surface area contributed by atoms with Gasteiger partial charge in [-0.05, 0) is 13.3 Å². The van der Waals surface area contributed by atoms with Crippen molar-refractivity contribution in [1.29, 1.82) is 0 Å². The van der Waals surface area contributed by atoms with Crippen LogP contribution in [0.3, 0.4) is 0 Å². The number of carbonyl (C=O) groups is 2. The summed E-state index contributed by atoms with van der Waals surface area (Å²) in [5.74, 6) is -0.358. The third-order valence-electron chi connectivity index (χ3n) is 2.26. The van der Waals surface area contributed by atoms with Crippen molar-refractivity contribution in [2.24, 2.45) is 5.92 Å². The van der Waals surface area contributed by atoms with Gasteiger partial charge in [0.15, 0.2) is 0 Å². The van der Waals surface area contributed by atoms with Crippen LogP contribution >= 0.6 is 0 Å². The zero-order chi connectivity index (χ0) is 9.90. The van der Waals surface area contributed by atoms with Crippen LogP contribution in [0, 0.1) is 5.92 Å². The van der Waals surface area contributed by atoms with Crippen LogP contribution < -0.4 is 5.32 Å². The number of nitrogens with one attached hydrogen (secondary N) is 1. The predicted molar refractivity (Wildman–Crippen MR) is 46.9 cm³/mol. The maximum atomic E-state index is 11.4. The molecule has 4 heteroatoms. The number of rotatable bonds is 5.